The topological polar surface area (TPSA) is 73.6 Å². The molecule has 0 unspecified atom stereocenters. The molecule has 1 aromatic heterocycles. The van der Waals surface area contributed by atoms with Crippen LogP contribution in [-0.2, 0) is 4.74 Å². The van der Waals surface area contributed by atoms with Crippen LogP contribution in [-0.4, -0.2) is 34.6 Å². The number of carbonyl (C=O) groups is 1. The fourth-order valence-corrected chi connectivity index (χ4v) is 1.88. The van der Waals surface area contributed by atoms with Crippen LogP contribution in [0.5, 0.6) is 5.75 Å². The fraction of sp³-hybridized carbons (Fsp3) is 0.286. The molecule has 0 saturated heterocycles. The van der Waals surface area contributed by atoms with E-state index in [-0.39, 0.29) is 18.1 Å². The number of esters is 1. The molecule has 0 bridgehead atoms. The van der Waals surface area contributed by atoms with Crippen molar-refractivity contribution in [2.24, 2.45) is 0 Å². The monoisotopic (exact) mass is 276 g/mol. The number of nitrogens with zero attached hydrogens (tertiary/aromatic N) is 2. The highest BCUT2D eigenvalue weighted by Gasteiger charge is 2.22. The van der Waals surface area contributed by atoms with E-state index in [2.05, 4.69) is 4.98 Å². The number of ether oxygens (including phenoxy) is 2. The van der Waals surface area contributed by atoms with E-state index in [1.54, 1.807) is 45.2 Å². The smallest absolute Gasteiger partial charge is 0.360 e. The van der Waals surface area contributed by atoms with Crippen LogP contribution >= 0.6 is 0 Å². The van der Waals surface area contributed by atoms with E-state index in [0.717, 1.165) is 4.73 Å². The predicted octanol–water partition coefficient (Wildman–Crippen LogP) is 2.28. The first-order valence-corrected chi connectivity index (χ1v) is 6.18. The summed E-state index contributed by atoms with van der Waals surface area (Å²) < 4.78 is 10.7. The fourth-order valence-electron chi connectivity index (χ4n) is 1.88. The summed E-state index contributed by atoms with van der Waals surface area (Å²) in [7, 11) is 1.57. The number of rotatable bonds is 4. The van der Waals surface area contributed by atoms with Gasteiger partial charge in [-0.1, -0.05) is 0 Å². The Morgan fingerprint density at radius 2 is 2.00 bits per heavy atom. The Kier molecular flexibility index (Phi) is 3.93. The van der Waals surface area contributed by atoms with E-state index in [0.29, 0.717) is 17.0 Å². The van der Waals surface area contributed by atoms with Crippen LogP contribution in [0.4, 0.5) is 0 Å². The van der Waals surface area contributed by atoms with Gasteiger partial charge in [-0.25, -0.2) is 9.78 Å². The first-order valence-electron chi connectivity index (χ1n) is 6.18. The van der Waals surface area contributed by atoms with E-state index in [1.165, 1.54) is 0 Å². The number of aryl methyl sites for hydroxylation is 1. The first-order chi connectivity index (χ1) is 9.58. The van der Waals surface area contributed by atoms with Crippen molar-refractivity contribution in [3.05, 3.63) is 35.7 Å². The van der Waals surface area contributed by atoms with Crippen LogP contribution in [0.1, 0.15) is 23.1 Å². The van der Waals surface area contributed by atoms with E-state index >= 15 is 0 Å². The van der Waals surface area contributed by atoms with Crippen molar-refractivity contribution in [2.45, 2.75) is 13.8 Å². The van der Waals surface area contributed by atoms with Crippen molar-refractivity contribution >= 4 is 5.97 Å². The molecule has 20 heavy (non-hydrogen) atoms. The number of carbonyl (C=O) groups excluding carboxylic acids is 1. The summed E-state index contributed by atoms with van der Waals surface area (Å²) in [5, 5.41) is 10.1. The molecule has 0 amide bonds. The van der Waals surface area contributed by atoms with Crippen LogP contribution in [0.3, 0.4) is 0 Å². The summed E-state index contributed by atoms with van der Waals surface area (Å²) in [6.45, 7) is 3.59. The molecule has 0 spiro atoms. The molecule has 0 aliphatic heterocycles. The molecular weight excluding hydrogens is 260 g/mol. The Morgan fingerprint density at radius 1 is 1.35 bits per heavy atom. The number of hydrogen-bond acceptors (Lipinski definition) is 5. The Morgan fingerprint density at radius 3 is 2.55 bits per heavy atom. The maximum Gasteiger partial charge on any atom is 0.360 e. The highest BCUT2D eigenvalue weighted by molar-refractivity contribution is 5.89. The summed E-state index contributed by atoms with van der Waals surface area (Å²) in [4.78, 5) is 16.0. The van der Waals surface area contributed by atoms with Crippen molar-refractivity contribution in [3.63, 3.8) is 0 Å². The van der Waals surface area contributed by atoms with Gasteiger partial charge in [0.05, 0.1) is 19.4 Å². The average Bonchev–Trinajstić information content (AvgIpc) is 2.74. The Bertz CT molecular complexity index is 617. The number of benzene rings is 1. The van der Waals surface area contributed by atoms with Gasteiger partial charge in [-0.2, -0.15) is 4.73 Å². The van der Waals surface area contributed by atoms with Gasteiger partial charge in [0.25, 0.3) is 0 Å². The van der Waals surface area contributed by atoms with Gasteiger partial charge in [0, 0.05) is 5.56 Å². The standard InChI is InChI=1S/C14H16N2O4/c1-4-20-14(17)12-9(2)15-13(16(12)18)10-5-7-11(19-3)8-6-10/h5-8,18H,4H2,1-3H3. The van der Waals surface area contributed by atoms with Crippen LogP contribution in [0, 0.1) is 6.92 Å². The minimum Gasteiger partial charge on any atom is -0.497 e. The molecule has 1 N–H and O–H groups in total. The van der Waals surface area contributed by atoms with Gasteiger partial charge in [0.1, 0.15) is 5.75 Å². The predicted molar refractivity (Wildman–Crippen MR) is 72.1 cm³/mol. The summed E-state index contributed by atoms with van der Waals surface area (Å²) in [5.41, 5.74) is 1.13. The van der Waals surface area contributed by atoms with Crippen LogP contribution in [0.25, 0.3) is 11.4 Å². The summed E-state index contributed by atoms with van der Waals surface area (Å²) >= 11 is 0. The Labute approximate surface area is 116 Å². The lowest BCUT2D eigenvalue weighted by Gasteiger charge is -2.05. The molecule has 6 heteroatoms. The molecule has 1 heterocycles. The molecule has 0 aliphatic rings. The maximum absolute atomic E-state index is 11.8. The quantitative estimate of drug-likeness (QED) is 0.685. The maximum atomic E-state index is 11.8. The van der Waals surface area contributed by atoms with Crippen molar-refractivity contribution in [2.75, 3.05) is 13.7 Å². The minimum absolute atomic E-state index is 0.0395. The highest BCUT2D eigenvalue weighted by Crippen LogP contribution is 2.23. The average molecular weight is 276 g/mol. The molecule has 106 valence electrons. The summed E-state index contributed by atoms with van der Waals surface area (Å²) in [5.74, 6) is 0.389. The minimum atomic E-state index is -0.597. The SMILES string of the molecule is CCOC(=O)c1c(C)nc(-c2ccc(OC)cc2)n1O. The molecule has 0 atom stereocenters. The highest BCUT2D eigenvalue weighted by atomic mass is 16.5. The summed E-state index contributed by atoms with van der Waals surface area (Å²) in [6.07, 6.45) is 0. The third-order valence-electron chi connectivity index (χ3n) is 2.85. The van der Waals surface area contributed by atoms with Crippen molar-refractivity contribution < 1.29 is 19.5 Å². The van der Waals surface area contributed by atoms with E-state index in [9.17, 15) is 10.0 Å². The van der Waals surface area contributed by atoms with E-state index < -0.39 is 5.97 Å². The zero-order chi connectivity index (χ0) is 14.7. The zero-order valence-electron chi connectivity index (χ0n) is 11.6. The largest absolute Gasteiger partial charge is 0.497 e. The molecule has 0 radical (unpaired) electrons. The van der Waals surface area contributed by atoms with Crippen molar-refractivity contribution in [1.82, 2.24) is 9.71 Å². The molecule has 2 rings (SSSR count). The number of aromatic nitrogens is 2. The van der Waals surface area contributed by atoms with Gasteiger partial charge in [-0.3, -0.25) is 0 Å². The van der Waals surface area contributed by atoms with Gasteiger partial charge in [-0.15, -0.1) is 0 Å². The van der Waals surface area contributed by atoms with Gasteiger partial charge in [0.15, 0.2) is 11.5 Å². The lowest BCUT2D eigenvalue weighted by atomic mass is 10.2. The van der Waals surface area contributed by atoms with Crippen LogP contribution in [0.15, 0.2) is 24.3 Å². The molecule has 1 aromatic carbocycles. The lowest BCUT2D eigenvalue weighted by Crippen LogP contribution is -2.12. The number of hydrogen-bond donors (Lipinski definition) is 1. The first kappa shape index (κ1) is 13.9. The van der Waals surface area contributed by atoms with Gasteiger partial charge >= 0.3 is 5.97 Å². The molecule has 6 nitrogen and oxygen atoms in total. The zero-order valence-corrected chi connectivity index (χ0v) is 11.6. The third-order valence-corrected chi connectivity index (χ3v) is 2.85. The molecule has 2 aromatic rings. The van der Waals surface area contributed by atoms with Crippen LogP contribution < -0.4 is 4.74 Å². The number of methoxy groups -OCH3 is 1. The van der Waals surface area contributed by atoms with Gasteiger partial charge in [0.2, 0.25) is 0 Å². The Balaban J connectivity index is 2.42. The Hall–Kier alpha value is -2.50. The number of imidazole rings is 1. The second-order valence-electron chi connectivity index (χ2n) is 4.13. The normalized spacial score (nSPS) is 10.3. The summed E-state index contributed by atoms with van der Waals surface area (Å²) in [6, 6.07) is 7.01. The van der Waals surface area contributed by atoms with Gasteiger partial charge < -0.3 is 14.7 Å². The molecule has 0 fully saturated rings. The lowest BCUT2D eigenvalue weighted by molar-refractivity contribution is 0.0476. The molecule has 0 saturated carbocycles. The second kappa shape index (κ2) is 5.64. The second-order valence-corrected chi connectivity index (χ2v) is 4.13. The molecular formula is C14H16N2O4. The van der Waals surface area contributed by atoms with E-state index in [1.807, 2.05) is 0 Å². The van der Waals surface area contributed by atoms with Crippen LogP contribution in [0.2, 0.25) is 0 Å². The van der Waals surface area contributed by atoms with Crippen molar-refractivity contribution in [3.8, 4) is 17.1 Å². The third kappa shape index (κ3) is 2.45. The molecule has 0 aliphatic carbocycles. The van der Waals surface area contributed by atoms with Gasteiger partial charge in [-0.05, 0) is 38.1 Å². The van der Waals surface area contributed by atoms with Crippen molar-refractivity contribution in [1.29, 1.82) is 0 Å². The van der Waals surface area contributed by atoms with E-state index in [4.69, 9.17) is 9.47 Å².